The van der Waals surface area contributed by atoms with Crippen LogP contribution in [0.25, 0.3) is 0 Å². The third kappa shape index (κ3) is 4.63. The van der Waals surface area contributed by atoms with E-state index in [1.807, 2.05) is 6.07 Å². The second-order valence-corrected chi connectivity index (χ2v) is 8.74. The number of amides is 4. The van der Waals surface area contributed by atoms with Crippen molar-refractivity contribution in [2.75, 3.05) is 13.1 Å². The molecule has 4 amide bonds. The SMILES string of the molecule is C=CCN1C(=O)NC(c2ccc(F)cc2)C2=C1CN(C(C(=O)NCc1ccco1)c1ccccc1)C2=O. The molecular weight excluding hydrogens is 475 g/mol. The molecule has 37 heavy (non-hydrogen) atoms. The minimum atomic E-state index is -0.955. The van der Waals surface area contributed by atoms with Crippen molar-refractivity contribution in [1.82, 2.24) is 20.4 Å². The lowest BCUT2D eigenvalue weighted by atomic mass is 9.95. The highest BCUT2D eigenvalue weighted by molar-refractivity contribution is 6.03. The normalized spacial score (nSPS) is 17.9. The molecule has 2 aliphatic rings. The number of nitrogens with zero attached hydrogens (tertiary/aromatic N) is 2. The molecule has 2 aliphatic heterocycles. The molecule has 0 bridgehead atoms. The average molecular weight is 501 g/mol. The lowest BCUT2D eigenvalue weighted by Crippen LogP contribution is -2.47. The van der Waals surface area contributed by atoms with Crippen LogP contribution in [0.3, 0.4) is 0 Å². The van der Waals surface area contributed by atoms with Gasteiger partial charge in [-0.15, -0.1) is 6.58 Å². The van der Waals surface area contributed by atoms with Gasteiger partial charge in [0.1, 0.15) is 17.6 Å². The Morgan fingerprint density at radius 2 is 1.89 bits per heavy atom. The van der Waals surface area contributed by atoms with Crippen LogP contribution in [0.15, 0.2) is 101 Å². The summed E-state index contributed by atoms with van der Waals surface area (Å²) in [5, 5.41) is 5.72. The summed E-state index contributed by atoms with van der Waals surface area (Å²) < 4.78 is 18.9. The highest BCUT2D eigenvalue weighted by Gasteiger charge is 2.47. The largest absolute Gasteiger partial charge is 0.467 e. The van der Waals surface area contributed by atoms with Crippen LogP contribution in [-0.4, -0.2) is 40.7 Å². The number of nitrogens with one attached hydrogen (secondary N) is 2. The number of rotatable bonds is 8. The first-order valence-corrected chi connectivity index (χ1v) is 11.8. The van der Waals surface area contributed by atoms with E-state index < -0.39 is 23.9 Å². The zero-order valence-corrected chi connectivity index (χ0v) is 19.9. The van der Waals surface area contributed by atoms with E-state index >= 15 is 0 Å². The number of urea groups is 1. The van der Waals surface area contributed by atoms with Crippen LogP contribution in [0.2, 0.25) is 0 Å². The van der Waals surface area contributed by atoms with E-state index in [0.29, 0.717) is 28.2 Å². The number of hydrogen-bond acceptors (Lipinski definition) is 4. The number of carbonyl (C=O) groups excluding carboxylic acids is 3. The summed E-state index contributed by atoms with van der Waals surface area (Å²) >= 11 is 0. The zero-order chi connectivity index (χ0) is 25.9. The fraction of sp³-hybridized carbons (Fsp3) is 0.179. The van der Waals surface area contributed by atoms with Crippen LogP contribution in [0.1, 0.15) is 29.0 Å². The lowest BCUT2D eigenvalue weighted by molar-refractivity contribution is -0.136. The van der Waals surface area contributed by atoms with Crippen molar-refractivity contribution >= 4 is 17.8 Å². The average Bonchev–Trinajstić information content (AvgIpc) is 3.54. The maximum absolute atomic E-state index is 14.0. The fourth-order valence-corrected chi connectivity index (χ4v) is 4.74. The van der Waals surface area contributed by atoms with Crippen LogP contribution in [-0.2, 0) is 16.1 Å². The molecule has 0 spiro atoms. The zero-order valence-electron chi connectivity index (χ0n) is 19.9. The maximum Gasteiger partial charge on any atom is 0.322 e. The van der Waals surface area contributed by atoms with Crippen LogP contribution in [0.5, 0.6) is 0 Å². The Hall–Kier alpha value is -4.66. The standard InChI is InChI=1S/C28H25FN4O4/c1-2-14-32-22-17-33(27(35)23(22)24(31-28(32)36)18-10-12-20(29)13-11-18)25(19-7-4-3-5-8-19)26(34)30-16-21-9-6-15-37-21/h2-13,15,24-25H,1,14,16-17H2,(H,30,34)(H,31,36). The molecule has 9 heteroatoms. The molecule has 2 atom stereocenters. The van der Waals surface area contributed by atoms with Gasteiger partial charge in [-0.1, -0.05) is 48.5 Å². The van der Waals surface area contributed by atoms with E-state index in [2.05, 4.69) is 17.2 Å². The van der Waals surface area contributed by atoms with E-state index in [0.717, 1.165) is 0 Å². The van der Waals surface area contributed by atoms with Gasteiger partial charge in [-0.25, -0.2) is 9.18 Å². The van der Waals surface area contributed by atoms with E-state index in [9.17, 15) is 18.8 Å². The molecule has 0 saturated carbocycles. The molecule has 188 valence electrons. The first-order chi connectivity index (χ1) is 18.0. The number of hydrogen-bond donors (Lipinski definition) is 2. The van der Waals surface area contributed by atoms with Crippen LogP contribution < -0.4 is 10.6 Å². The topological polar surface area (TPSA) is 94.9 Å². The molecule has 1 aromatic heterocycles. The molecule has 0 fully saturated rings. The second-order valence-electron chi connectivity index (χ2n) is 8.74. The van der Waals surface area contributed by atoms with E-state index in [-0.39, 0.29) is 31.4 Å². The molecular formula is C28H25FN4O4. The van der Waals surface area contributed by atoms with E-state index in [1.54, 1.807) is 42.5 Å². The smallest absolute Gasteiger partial charge is 0.322 e. The van der Waals surface area contributed by atoms with Gasteiger partial charge in [-0.05, 0) is 35.4 Å². The van der Waals surface area contributed by atoms with Crippen LogP contribution in [0.4, 0.5) is 9.18 Å². The summed E-state index contributed by atoms with van der Waals surface area (Å²) in [6.45, 7) is 4.11. The Bertz CT molecular complexity index is 1350. The Morgan fingerprint density at radius 1 is 1.14 bits per heavy atom. The van der Waals surface area contributed by atoms with Crippen LogP contribution >= 0.6 is 0 Å². The monoisotopic (exact) mass is 500 g/mol. The summed E-state index contributed by atoms with van der Waals surface area (Å²) in [6, 6.07) is 16.0. The van der Waals surface area contributed by atoms with Crippen molar-refractivity contribution in [3.63, 3.8) is 0 Å². The van der Waals surface area contributed by atoms with Gasteiger partial charge < -0.3 is 20.0 Å². The van der Waals surface area contributed by atoms with Gasteiger partial charge in [0.2, 0.25) is 5.91 Å². The fourth-order valence-electron chi connectivity index (χ4n) is 4.74. The van der Waals surface area contributed by atoms with Gasteiger partial charge in [0.15, 0.2) is 0 Å². The molecule has 3 heterocycles. The first kappa shape index (κ1) is 24.1. The summed E-state index contributed by atoms with van der Waals surface area (Å²) in [4.78, 5) is 43.5. The summed E-state index contributed by atoms with van der Waals surface area (Å²) in [6.07, 6.45) is 3.09. The highest BCUT2D eigenvalue weighted by Crippen LogP contribution is 2.39. The molecule has 2 unspecified atom stereocenters. The first-order valence-electron chi connectivity index (χ1n) is 11.8. The molecule has 0 aliphatic carbocycles. The maximum atomic E-state index is 14.0. The van der Waals surface area contributed by atoms with Gasteiger partial charge in [-0.3, -0.25) is 14.5 Å². The summed E-state index contributed by atoms with van der Waals surface area (Å²) in [5.74, 6) is -0.622. The Kier molecular flexibility index (Phi) is 6.59. The molecule has 8 nitrogen and oxygen atoms in total. The molecule has 2 aromatic carbocycles. The summed E-state index contributed by atoms with van der Waals surface area (Å²) in [7, 11) is 0. The summed E-state index contributed by atoms with van der Waals surface area (Å²) in [5.41, 5.74) is 2.02. The predicted octanol–water partition coefficient (Wildman–Crippen LogP) is 3.83. The van der Waals surface area contributed by atoms with Gasteiger partial charge >= 0.3 is 6.03 Å². The Morgan fingerprint density at radius 3 is 2.57 bits per heavy atom. The second kappa shape index (κ2) is 10.1. The number of halogens is 1. The molecule has 5 rings (SSSR count). The Labute approximate surface area is 213 Å². The quantitative estimate of drug-likeness (QED) is 0.460. The van der Waals surface area contributed by atoms with Crippen LogP contribution in [0, 0.1) is 5.82 Å². The van der Waals surface area contributed by atoms with Gasteiger partial charge in [0.25, 0.3) is 5.91 Å². The van der Waals surface area contributed by atoms with Crippen molar-refractivity contribution in [3.05, 3.63) is 120 Å². The van der Waals surface area contributed by atoms with Crippen molar-refractivity contribution < 1.29 is 23.2 Å². The Balaban J connectivity index is 1.52. The number of carbonyl (C=O) groups is 3. The minimum absolute atomic E-state index is 0.0425. The minimum Gasteiger partial charge on any atom is -0.467 e. The third-order valence-electron chi connectivity index (χ3n) is 6.46. The third-order valence-corrected chi connectivity index (χ3v) is 6.46. The van der Waals surface area contributed by atoms with Gasteiger partial charge in [0.05, 0.1) is 36.7 Å². The van der Waals surface area contributed by atoms with Gasteiger partial charge in [0, 0.05) is 6.54 Å². The van der Waals surface area contributed by atoms with Crippen molar-refractivity contribution in [2.45, 2.75) is 18.6 Å². The number of furan rings is 1. The van der Waals surface area contributed by atoms with Gasteiger partial charge in [-0.2, -0.15) is 0 Å². The molecule has 0 radical (unpaired) electrons. The predicted molar refractivity (Wildman–Crippen MR) is 133 cm³/mol. The highest BCUT2D eigenvalue weighted by atomic mass is 19.1. The van der Waals surface area contributed by atoms with E-state index in [4.69, 9.17) is 4.42 Å². The van der Waals surface area contributed by atoms with E-state index in [1.165, 1.54) is 40.3 Å². The lowest BCUT2D eigenvalue weighted by Gasteiger charge is -2.33. The molecule has 3 aromatic rings. The van der Waals surface area contributed by atoms with Crippen molar-refractivity contribution in [2.24, 2.45) is 0 Å². The molecule has 2 N–H and O–H groups in total. The van der Waals surface area contributed by atoms with Crippen molar-refractivity contribution in [1.29, 1.82) is 0 Å². The van der Waals surface area contributed by atoms with Crippen molar-refractivity contribution in [3.8, 4) is 0 Å². The number of benzene rings is 2. The molecule has 0 saturated heterocycles.